The molecular weight excluding hydrogens is 763 g/mol. The van der Waals surface area contributed by atoms with Crippen molar-refractivity contribution in [3.63, 3.8) is 0 Å². The van der Waals surface area contributed by atoms with Gasteiger partial charge in [0.05, 0.1) is 7.11 Å². The van der Waals surface area contributed by atoms with Gasteiger partial charge in [0.1, 0.15) is 11.5 Å². The van der Waals surface area contributed by atoms with Crippen LogP contribution in [0.15, 0.2) is 161 Å². The Labute approximate surface area is 353 Å². The summed E-state index contributed by atoms with van der Waals surface area (Å²) < 4.78 is 13.3. The first kappa shape index (κ1) is 37.1. The second kappa shape index (κ2) is 14.6. The largest absolute Gasteiger partial charge is 0.497 e. The first-order valence-electron chi connectivity index (χ1n) is 19.7. The molecule has 0 saturated heterocycles. The third-order valence-electron chi connectivity index (χ3n) is 11.8. The van der Waals surface area contributed by atoms with E-state index in [-0.39, 0.29) is 5.41 Å². The van der Waals surface area contributed by atoms with Crippen LogP contribution in [0.25, 0.3) is 62.1 Å². The van der Waals surface area contributed by atoms with Gasteiger partial charge in [0.15, 0.2) is 23.1 Å². The number of benzene rings is 7. The van der Waals surface area contributed by atoms with Crippen molar-refractivity contribution in [3.05, 3.63) is 179 Å². The molecule has 1 atom stereocenters. The molecule has 1 aliphatic carbocycles. The van der Waals surface area contributed by atoms with E-state index in [4.69, 9.17) is 24.4 Å². The van der Waals surface area contributed by atoms with E-state index in [2.05, 4.69) is 111 Å². The molecule has 0 fully saturated rings. The summed E-state index contributed by atoms with van der Waals surface area (Å²) in [5, 5.41) is 2.32. The van der Waals surface area contributed by atoms with Crippen molar-refractivity contribution in [2.45, 2.75) is 34.7 Å². The van der Waals surface area contributed by atoms with Gasteiger partial charge in [-0.1, -0.05) is 141 Å². The standard InChI is InChI=1S/C52H41N3O2S2/c1-51(2)42-19-13-12-18-38(42)45-40-30-43(58-4)44(59-5)31-41(40)47-39(46(45)51)28-29-52(57-47,36-24-26-37(56-3)27-25-36)35-22-20-34(21-23-35)50-54-48(32-14-8-6-9-15-32)53-49(55-50)33-16-10-7-11-17-33/h6-31H,1-5H3. The van der Waals surface area contributed by atoms with Crippen LogP contribution in [0.4, 0.5) is 0 Å². The SMILES string of the molecule is COc1ccc(C2(c3ccc(-c4nc(-c5ccccc5)nc(-c5ccccc5)n4)cc3)C=Cc3c4c(c5cc(SC)c(SC)cc5c3O2)-c2ccccc2C4(C)C)cc1. The summed E-state index contributed by atoms with van der Waals surface area (Å²) in [5.41, 5.74) is 9.90. The van der Waals surface area contributed by atoms with E-state index >= 15 is 0 Å². The van der Waals surface area contributed by atoms with Gasteiger partial charge >= 0.3 is 0 Å². The third-order valence-corrected chi connectivity index (χ3v) is 13.5. The fourth-order valence-corrected chi connectivity index (χ4v) is 10.4. The molecule has 1 aromatic heterocycles. The molecule has 59 heavy (non-hydrogen) atoms. The molecule has 10 rings (SSSR count). The average molecular weight is 804 g/mol. The lowest BCUT2D eigenvalue weighted by molar-refractivity contribution is 0.163. The number of thioether (sulfide) groups is 2. The molecule has 0 saturated carbocycles. The fourth-order valence-electron chi connectivity index (χ4n) is 8.90. The molecule has 8 aromatic rings. The van der Waals surface area contributed by atoms with E-state index in [1.807, 2.05) is 72.8 Å². The summed E-state index contributed by atoms with van der Waals surface area (Å²) in [7, 11) is 1.70. The zero-order valence-electron chi connectivity index (χ0n) is 33.5. The van der Waals surface area contributed by atoms with Gasteiger partial charge in [-0.25, -0.2) is 15.0 Å². The monoisotopic (exact) mass is 803 g/mol. The molecule has 0 spiro atoms. The lowest BCUT2D eigenvalue weighted by Crippen LogP contribution is -2.35. The van der Waals surface area contributed by atoms with Gasteiger partial charge in [-0.05, 0) is 70.5 Å². The molecule has 1 aliphatic heterocycles. The Morgan fingerprint density at radius 3 is 1.64 bits per heavy atom. The summed E-state index contributed by atoms with van der Waals surface area (Å²) in [6.45, 7) is 4.70. The third kappa shape index (κ3) is 6.06. The smallest absolute Gasteiger partial charge is 0.178 e. The Kier molecular flexibility index (Phi) is 9.19. The molecule has 5 nitrogen and oxygen atoms in total. The molecule has 288 valence electrons. The van der Waals surface area contributed by atoms with Crippen molar-refractivity contribution in [1.29, 1.82) is 0 Å². The van der Waals surface area contributed by atoms with E-state index in [1.165, 1.54) is 37.4 Å². The van der Waals surface area contributed by atoms with Crippen LogP contribution in [0.3, 0.4) is 0 Å². The van der Waals surface area contributed by atoms with Crippen LogP contribution in [-0.2, 0) is 11.0 Å². The summed E-state index contributed by atoms with van der Waals surface area (Å²) >= 11 is 3.57. The second-order valence-corrected chi connectivity index (χ2v) is 17.1. The maximum Gasteiger partial charge on any atom is 0.178 e. The van der Waals surface area contributed by atoms with Crippen molar-refractivity contribution in [1.82, 2.24) is 15.0 Å². The summed E-state index contributed by atoms with van der Waals surface area (Å²) in [6, 6.07) is 50.5. The summed E-state index contributed by atoms with van der Waals surface area (Å²) in [6.07, 6.45) is 8.87. The molecule has 0 radical (unpaired) electrons. The Morgan fingerprint density at radius 2 is 1.08 bits per heavy atom. The van der Waals surface area contributed by atoms with Crippen LogP contribution in [0.5, 0.6) is 11.5 Å². The molecule has 0 bridgehead atoms. The van der Waals surface area contributed by atoms with Gasteiger partial charge in [-0.3, -0.25) is 0 Å². The maximum atomic E-state index is 7.68. The fraction of sp³-hybridized carbons (Fsp3) is 0.135. The van der Waals surface area contributed by atoms with Crippen molar-refractivity contribution in [3.8, 4) is 56.8 Å². The number of hydrogen-bond acceptors (Lipinski definition) is 7. The van der Waals surface area contributed by atoms with Crippen LogP contribution in [0.2, 0.25) is 0 Å². The van der Waals surface area contributed by atoms with Gasteiger partial charge in [0, 0.05) is 54.0 Å². The van der Waals surface area contributed by atoms with E-state index in [0.717, 1.165) is 50.3 Å². The van der Waals surface area contributed by atoms with E-state index < -0.39 is 5.60 Å². The van der Waals surface area contributed by atoms with Gasteiger partial charge in [0.25, 0.3) is 0 Å². The van der Waals surface area contributed by atoms with Crippen LogP contribution in [0.1, 0.15) is 41.7 Å². The lowest BCUT2D eigenvalue weighted by Gasteiger charge is -2.38. The quantitative estimate of drug-likeness (QED) is 0.142. The topological polar surface area (TPSA) is 57.1 Å². The molecule has 1 unspecified atom stereocenters. The number of aromatic nitrogens is 3. The predicted molar refractivity (Wildman–Crippen MR) is 245 cm³/mol. The van der Waals surface area contributed by atoms with Crippen LogP contribution >= 0.6 is 23.5 Å². The highest BCUT2D eigenvalue weighted by Gasteiger charge is 2.44. The van der Waals surface area contributed by atoms with Crippen LogP contribution < -0.4 is 9.47 Å². The second-order valence-electron chi connectivity index (χ2n) is 15.4. The summed E-state index contributed by atoms with van der Waals surface area (Å²) in [5.74, 6) is 3.53. The summed E-state index contributed by atoms with van der Waals surface area (Å²) in [4.78, 5) is 17.4. The van der Waals surface area contributed by atoms with Crippen LogP contribution in [0, 0.1) is 0 Å². The highest BCUT2D eigenvalue weighted by Crippen LogP contribution is 2.59. The minimum Gasteiger partial charge on any atom is -0.497 e. The predicted octanol–water partition coefficient (Wildman–Crippen LogP) is 13.1. The first-order valence-corrected chi connectivity index (χ1v) is 22.1. The molecule has 2 heterocycles. The first-order chi connectivity index (χ1) is 28.8. The number of rotatable bonds is 8. The van der Waals surface area contributed by atoms with Gasteiger partial charge < -0.3 is 9.47 Å². The number of methoxy groups -OCH3 is 1. The molecule has 0 amide bonds. The number of nitrogens with zero attached hydrogens (tertiary/aromatic N) is 3. The highest BCUT2D eigenvalue weighted by molar-refractivity contribution is 8.01. The molecule has 7 heteroatoms. The lowest BCUT2D eigenvalue weighted by atomic mass is 9.76. The number of fused-ring (bicyclic) bond motifs is 8. The number of ether oxygens (including phenoxy) is 2. The van der Waals surface area contributed by atoms with Crippen molar-refractivity contribution < 1.29 is 9.47 Å². The Bertz CT molecular complexity index is 2870. The highest BCUT2D eigenvalue weighted by atomic mass is 32.2. The molecular formula is C52H41N3O2S2. The Balaban J connectivity index is 1.17. The zero-order valence-corrected chi connectivity index (χ0v) is 35.1. The Hall–Kier alpha value is -6.15. The molecule has 2 aliphatic rings. The van der Waals surface area contributed by atoms with Crippen molar-refractivity contribution >= 4 is 40.4 Å². The van der Waals surface area contributed by atoms with Gasteiger partial charge in [0.2, 0.25) is 0 Å². The minimum atomic E-state index is -0.963. The van der Waals surface area contributed by atoms with Crippen molar-refractivity contribution in [2.24, 2.45) is 0 Å². The van der Waals surface area contributed by atoms with Gasteiger partial charge in [-0.2, -0.15) is 0 Å². The van der Waals surface area contributed by atoms with Crippen LogP contribution in [-0.4, -0.2) is 34.6 Å². The van der Waals surface area contributed by atoms with Gasteiger partial charge in [-0.15, -0.1) is 23.5 Å². The maximum absolute atomic E-state index is 7.68. The van der Waals surface area contributed by atoms with E-state index in [0.29, 0.717) is 17.5 Å². The van der Waals surface area contributed by atoms with E-state index in [1.54, 1.807) is 30.6 Å². The minimum absolute atomic E-state index is 0.237. The normalized spacial score (nSPS) is 15.9. The molecule has 0 N–H and O–H groups in total. The Morgan fingerprint density at radius 1 is 0.576 bits per heavy atom. The van der Waals surface area contributed by atoms with Crippen molar-refractivity contribution in [2.75, 3.05) is 19.6 Å². The molecule has 7 aromatic carbocycles. The average Bonchev–Trinajstić information content (AvgIpc) is 3.55. The zero-order chi connectivity index (χ0) is 40.3. The van der Waals surface area contributed by atoms with E-state index in [9.17, 15) is 0 Å². The number of hydrogen-bond donors (Lipinski definition) is 0.